The summed E-state index contributed by atoms with van der Waals surface area (Å²) in [5.74, 6) is 0. The van der Waals surface area contributed by atoms with Gasteiger partial charge in [0.2, 0.25) is 5.69 Å². The Morgan fingerprint density at radius 2 is 1.72 bits per heavy atom. The van der Waals surface area contributed by atoms with E-state index in [1.807, 2.05) is 0 Å². The number of nitrogens with zero attached hydrogens (tertiary/aromatic N) is 2. The van der Waals surface area contributed by atoms with Gasteiger partial charge in [-0.2, -0.15) is 0 Å². The lowest BCUT2D eigenvalue weighted by molar-refractivity contribution is -0.682. The molecule has 92 valence electrons. The Balaban J connectivity index is 2.64. The van der Waals surface area contributed by atoms with E-state index in [0.717, 1.165) is 0 Å². The van der Waals surface area contributed by atoms with E-state index in [2.05, 4.69) is 68.3 Å². The number of hydrogen-bond acceptors (Lipinski definition) is 0. The fourth-order valence-electron chi connectivity index (χ4n) is 2.89. The molecule has 3 rings (SSSR count). The predicted molar refractivity (Wildman–Crippen MR) is 75.8 cm³/mol. The molecule has 0 aliphatic carbocycles. The molecule has 0 aliphatic heterocycles. The number of benzene rings is 1. The van der Waals surface area contributed by atoms with Gasteiger partial charge >= 0.3 is 0 Å². The van der Waals surface area contributed by atoms with E-state index in [-0.39, 0.29) is 0 Å². The van der Waals surface area contributed by atoms with Crippen molar-refractivity contribution in [2.75, 3.05) is 0 Å². The van der Waals surface area contributed by atoms with Gasteiger partial charge in [-0.05, 0) is 18.6 Å². The summed E-state index contributed by atoms with van der Waals surface area (Å²) in [4.78, 5) is 0. The first kappa shape index (κ1) is 11.3. The lowest BCUT2D eigenvalue weighted by Crippen LogP contribution is -2.35. The van der Waals surface area contributed by atoms with Gasteiger partial charge in [0.25, 0.3) is 0 Å². The minimum Gasteiger partial charge on any atom is -0.338 e. The smallest absolute Gasteiger partial charge is 0.202 e. The maximum absolute atomic E-state index is 2.31. The van der Waals surface area contributed by atoms with Gasteiger partial charge in [0.05, 0.1) is 0 Å². The molecule has 2 heteroatoms. The fourth-order valence-corrected chi connectivity index (χ4v) is 2.89. The van der Waals surface area contributed by atoms with E-state index in [1.165, 1.54) is 38.8 Å². The number of aryl methyl sites for hydroxylation is 4. The Hall–Kier alpha value is -1.83. The minimum atomic E-state index is 1.30. The molecule has 0 fully saturated rings. The van der Waals surface area contributed by atoms with Gasteiger partial charge in [0.1, 0.15) is 12.6 Å². The third kappa shape index (κ3) is 1.32. The molecule has 0 saturated carbocycles. The molecule has 2 aromatic heterocycles. The molecular formula is C16H19N2+. The van der Waals surface area contributed by atoms with E-state index in [4.69, 9.17) is 0 Å². The van der Waals surface area contributed by atoms with Crippen molar-refractivity contribution in [3.8, 4) is 0 Å². The SMILES string of the molecule is Cc1ccc2c3cc(C)[n+](C)c(C)c3n(C)c2c1. The zero-order chi connectivity index (χ0) is 13.0. The van der Waals surface area contributed by atoms with Gasteiger partial charge in [-0.3, -0.25) is 0 Å². The predicted octanol–water partition coefficient (Wildman–Crippen LogP) is 3.08. The van der Waals surface area contributed by atoms with Crippen LogP contribution in [0.15, 0.2) is 24.3 Å². The van der Waals surface area contributed by atoms with Crippen LogP contribution in [0.4, 0.5) is 0 Å². The van der Waals surface area contributed by atoms with Crippen LogP contribution in [-0.2, 0) is 14.1 Å². The van der Waals surface area contributed by atoms with Gasteiger partial charge in [-0.25, -0.2) is 4.57 Å². The zero-order valence-electron chi connectivity index (χ0n) is 11.7. The monoisotopic (exact) mass is 239 g/mol. The summed E-state index contributed by atoms with van der Waals surface area (Å²) >= 11 is 0. The van der Waals surface area contributed by atoms with Gasteiger partial charge in [-0.1, -0.05) is 12.1 Å². The van der Waals surface area contributed by atoms with Crippen molar-refractivity contribution in [1.29, 1.82) is 0 Å². The summed E-state index contributed by atoms with van der Waals surface area (Å²) in [6.45, 7) is 6.51. The molecule has 0 bridgehead atoms. The van der Waals surface area contributed by atoms with Crippen molar-refractivity contribution >= 4 is 21.8 Å². The second-order valence-corrected chi connectivity index (χ2v) is 5.27. The summed E-state index contributed by atoms with van der Waals surface area (Å²) in [6.07, 6.45) is 0. The van der Waals surface area contributed by atoms with Crippen molar-refractivity contribution in [1.82, 2.24) is 4.57 Å². The number of hydrogen-bond donors (Lipinski definition) is 0. The van der Waals surface area contributed by atoms with Gasteiger partial charge in [0.15, 0.2) is 5.69 Å². The first-order chi connectivity index (χ1) is 8.50. The normalized spacial score (nSPS) is 11.6. The summed E-state index contributed by atoms with van der Waals surface area (Å²) in [6, 6.07) is 9.00. The van der Waals surface area contributed by atoms with Crippen LogP contribution in [0.1, 0.15) is 17.0 Å². The highest BCUT2D eigenvalue weighted by Crippen LogP contribution is 2.29. The van der Waals surface area contributed by atoms with E-state index in [1.54, 1.807) is 0 Å². The van der Waals surface area contributed by atoms with Gasteiger partial charge in [0, 0.05) is 43.3 Å². The molecule has 0 amide bonds. The fraction of sp³-hybridized carbons (Fsp3) is 0.312. The summed E-state index contributed by atoms with van der Waals surface area (Å²) in [7, 11) is 4.29. The van der Waals surface area contributed by atoms with Crippen molar-refractivity contribution in [3.05, 3.63) is 41.2 Å². The molecule has 3 aromatic rings. The molecule has 0 spiro atoms. The second-order valence-electron chi connectivity index (χ2n) is 5.27. The zero-order valence-corrected chi connectivity index (χ0v) is 11.7. The molecule has 0 N–H and O–H groups in total. The first-order valence-electron chi connectivity index (χ1n) is 6.35. The standard InChI is InChI=1S/C16H19N2/c1-10-6-7-13-14-9-11(2)17(4)12(3)16(14)18(5)15(13)8-10/h6-9H,1-5H3/q+1. The highest BCUT2D eigenvalue weighted by Gasteiger charge is 2.17. The Labute approximate surface area is 107 Å². The number of aromatic nitrogens is 2. The Morgan fingerprint density at radius 3 is 2.44 bits per heavy atom. The summed E-state index contributed by atoms with van der Waals surface area (Å²) in [5.41, 5.74) is 6.59. The largest absolute Gasteiger partial charge is 0.338 e. The molecule has 0 unspecified atom stereocenters. The third-order valence-corrected chi connectivity index (χ3v) is 4.12. The third-order valence-electron chi connectivity index (χ3n) is 4.12. The van der Waals surface area contributed by atoms with Crippen LogP contribution in [0.5, 0.6) is 0 Å². The van der Waals surface area contributed by atoms with Crippen LogP contribution in [0.3, 0.4) is 0 Å². The van der Waals surface area contributed by atoms with E-state index < -0.39 is 0 Å². The minimum absolute atomic E-state index is 1.30. The molecular weight excluding hydrogens is 220 g/mol. The molecule has 2 heterocycles. The van der Waals surface area contributed by atoms with Crippen LogP contribution in [-0.4, -0.2) is 4.57 Å². The lowest BCUT2D eigenvalue weighted by Gasteiger charge is -2.02. The second kappa shape index (κ2) is 3.58. The van der Waals surface area contributed by atoms with E-state index in [9.17, 15) is 0 Å². The topological polar surface area (TPSA) is 8.81 Å². The average Bonchev–Trinajstić information content (AvgIpc) is 2.60. The molecule has 0 aliphatic rings. The molecule has 18 heavy (non-hydrogen) atoms. The quantitative estimate of drug-likeness (QED) is 0.533. The molecule has 2 nitrogen and oxygen atoms in total. The van der Waals surface area contributed by atoms with Crippen LogP contribution in [0, 0.1) is 20.8 Å². The van der Waals surface area contributed by atoms with Gasteiger partial charge in [-0.15, -0.1) is 0 Å². The Bertz CT molecular complexity index is 779. The van der Waals surface area contributed by atoms with Crippen LogP contribution in [0.25, 0.3) is 21.8 Å². The van der Waals surface area contributed by atoms with Crippen molar-refractivity contribution in [3.63, 3.8) is 0 Å². The maximum Gasteiger partial charge on any atom is 0.202 e. The number of fused-ring (bicyclic) bond motifs is 3. The summed E-state index contributed by atoms with van der Waals surface area (Å²) < 4.78 is 4.57. The highest BCUT2D eigenvalue weighted by molar-refractivity contribution is 6.08. The van der Waals surface area contributed by atoms with Crippen LogP contribution >= 0.6 is 0 Å². The number of rotatable bonds is 0. The summed E-state index contributed by atoms with van der Waals surface area (Å²) in [5, 5.41) is 2.71. The molecule has 0 saturated heterocycles. The lowest BCUT2D eigenvalue weighted by atomic mass is 10.1. The number of pyridine rings is 1. The van der Waals surface area contributed by atoms with Crippen molar-refractivity contribution in [2.24, 2.45) is 14.1 Å². The maximum atomic E-state index is 2.31. The van der Waals surface area contributed by atoms with Gasteiger partial charge < -0.3 is 4.57 Å². The Kier molecular flexibility index (Phi) is 2.24. The van der Waals surface area contributed by atoms with Crippen LogP contribution < -0.4 is 4.57 Å². The Morgan fingerprint density at radius 1 is 1.00 bits per heavy atom. The molecule has 1 aromatic carbocycles. The van der Waals surface area contributed by atoms with Crippen LogP contribution in [0.2, 0.25) is 0 Å². The highest BCUT2D eigenvalue weighted by atomic mass is 15.0. The van der Waals surface area contributed by atoms with E-state index >= 15 is 0 Å². The molecule has 0 radical (unpaired) electrons. The van der Waals surface area contributed by atoms with Crippen molar-refractivity contribution in [2.45, 2.75) is 20.8 Å². The molecule has 0 atom stereocenters. The van der Waals surface area contributed by atoms with Crippen molar-refractivity contribution < 1.29 is 4.57 Å². The van der Waals surface area contributed by atoms with E-state index in [0.29, 0.717) is 0 Å². The first-order valence-corrected chi connectivity index (χ1v) is 6.35. The average molecular weight is 239 g/mol.